The first kappa shape index (κ1) is 10.9. The molecule has 0 radical (unpaired) electrons. The SMILES string of the molecule is CCN(CC(=O)O)C1CSC(C)C1. The van der Waals surface area contributed by atoms with E-state index in [0.717, 1.165) is 18.7 Å². The largest absolute Gasteiger partial charge is 0.480 e. The Labute approximate surface area is 83.5 Å². The molecule has 2 atom stereocenters. The van der Waals surface area contributed by atoms with Crippen molar-refractivity contribution in [3.05, 3.63) is 0 Å². The predicted molar refractivity (Wildman–Crippen MR) is 55.2 cm³/mol. The van der Waals surface area contributed by atoms with Crippen molar-refractivity contribution in [3.8, 4) is 0 Å². The number of carbonyl (C=O) groups is 1. The van der Waals surface area contributed by atoms with Gasteiger partial charge in [-0.15, -0.1) is 0 Å². The zero-order valence-corrected chi connectivity index (χ0v) is 9.01. The highest BCUT2D eigenvalue weighted by atomic mass is 32.2. The van der Waals surface area contributed by atoms with Crippen molar-refractivity contribution in [2.45, 2.75) is 31.6 Å². The minimum Gasteiger partial charge on any atom is -0.480 e. The highest BCUT2D eigenvalue weighted by Crippen LogP contribution is 2.29. The Hall–Kier alpha value is -0.220. The topological polar surface area (TPSA) is 40.5 Å². The van der Waals surface area contributed by atoms with Gasteiger partial charge >= 0.3 is 5.97 Å². The summed E-state index contributed by atoms with van der Waals surface area (Å²) in [6.45, 7) is 5.26. The molecule has 1 rings (SSSR count). The molecule has 13 heavy (non-hydrogen) atoms. The zero-order chi connectivity index (χ0) is 9.84. The van der Waals surface area contributed by atoms with Crippen LogP contribution in [-0.4, -0.2) is 46.1 Å². The van der Waals surface area contributed by atoms with Crippen molar-refractivity contribution in [2.24, 2.45) is 0 Å². The molecule has 0 saturated carbocycles. The number of nitrogens with zero attached hydrogens (tertiary/aromatic N) is 1. The number of hydrogen-bond donors (Lipinski definition) is 1. The molecule has 1 N–H and O–H groups in total. The first-order valence-corrected chi connectivity index (χ1v) is 5.75. The van der Waals surface area contributed by atoms with Gasteiger partial charge in [-0.25, -0.2) is 0 Å². The van der Waals surface area contributed by atoms with Crippen molar-refractivity contribution in [1.82, 2.24) is 4.90 Å². The van der Waals surface area contributed by atoms with Crippen LogP contribution < -0.4 is 0 Å². The molecule has 0 aliphatic carbocycles. The fraction of sp³-hybridized carbons (Fsp3) is 0.889. The molecule has 3 nitrogen and oxygen atoms in total. The molecule has 1 heterocycles. The van der Waals surface area contributed by atoms with Crippen LogP contribution in [0.15, 0.2) is 0 Å². The van der Waals surface area contributed by atoms with E-state index in [-0.39, 0.29) is 6.54 Å². The molecule has 1 aliphatic rings. The van der Waals surface area contributed by atoms with Crippen molar-refractivity contribution in [1.29, 1.82) is 0 Å². The summed E-state index contributed by atoms with van der Waals surface area (Å²) in [6, 6.07) is 0.473. The second-order valence-electron chi connectivity index (χ2n) is 3.49. The van der Waals surface area contributed by atoms with Crippen molar-refractivity contribution in [2.75, 3.05) is 18.8 Å². The minimum atomic E-state index is -0.716. The zero-order valence-electron chi connectivity index (χ0n) is 8.19. The molecule has 1 saturated heterocycles. The van der Waals surface area contributed by atoms with Gasteiger partial charge in [0.1, 0.15) is 0 Å². The number of hydrogen-bond acceptors (Lipinski definition) is 3. The highest BCUT2D eigenvalue weighted by molar-refractivity contribution is 8.00. The van der Waals surface area contributed by atoms with Crippen LogP contribution >= 0.6 is 11.8 Å². The third-order valence-corrected chi connectivity index (χ3v) is 3.78. The second-order valence-corrected chi connectivity index (χ2v) is 4.96. The normalized spacial score (nSPS) is 28.2. The Balaban J connectivity index is 2.42. The van der Waals surface area contributed by atoms with Crippen molar-refractivity contribution in [3.63, 3.8) is 0 Å². The van der Waals surface area contributed by atoms with E-state index in [1.54, 1.807) is 0 Å². The molecule has 1 aliphatic heterocycles. The van der Waals surface area contributed by atoms with Crippen LogP contribution in [0.1, 0.15) is 20.3 Å². The Morgan fingerprint density at radius 2 is 2.38 bits per heavy atom. The van der Waals surface area contributed by atoms with Gasteiger partial charge in [-0.1, -0.05) is 13.8 Å². The molecule has 4 heteroatoms. The number of thioether (sulfide) groups is 1. The second kappa shape index (κ2) is 4.86. The lowest BCUT2D eigenvalue weighted by molar-refractivity contribution is -0.138. The van der Waals surface area contributed by atoms with Crippen molar-refractivity contribution >= 4 is 17.7 Å². The molecule has 0 amide bonds. The van der Waals surface area contributed by atoms with Gasteiger partial charge in [0, 0.05) is 17.0 Å². The van der Waals surface area contributed by atoms with Crippen LogP contribution in [0.5, 0.6) is 0 Å². The average molecular weight is 203 g/mol. The molecular formula is C9H17NO2S. The summed E-state index contributed by atoms with van der Waals surface area (Å²) in [5, 5.41) is 9.38. The smallest absolute Gasteiger partial charge is 0.317 e. The summed E-state index contributed by atoms with van der Waals surface area (Å²) in [7, 11) is 0. The Kier molecular flexibility index (Phi) is 4.06. The van der Waals surface area contributed by atoms with E-state index in [1.165, 1.54) is 0 Å². The molecule has 0 spiro atoms. The summed E-state index contributed by atoms with van der Waals surface area (Å²) in [5.41, 5.74) is 0. The number of carboxylic acid groups (broad SMARTS) is 1. The molecule has 0 aromatic heterocycles. The fourth-order valence-corrected chi connectivity index (χ4v) is 2.98. The van der Waals surface area contributed by atoms with Crippen LogP contribution in [0, 0.1) is 0 Å². The van der Waals surface area contributed by atoms with Gasteiger partial charge in [0.25, 0.3) is 0 Å². The van der Waals surface area contributed by atoms with Gasteiger partial charge in [0.2, 0.25) is 0 Å². The van der Waals surface area contributed by atoms with E-state index < -0.39 is 5.97 Å². The van der Waals surface area contributed by atoms with E-state index >= 15 is 0 Å². The molecular weight excluding hydrogens is 186 g/mol. The van der Waals surface area contributed by atoms with Crippen LogP contribution in [0.25, 0.3) is 0 Å². The maximum absolute atomic E-state index is 10.6. The summed E-state index contributed by atoms with van der Waals surface area (Å²) in [5.74, 6) is 0.369. The van der Waals surface area contributed by atoms with E-state index in [2.05, 4.69) is 11.8 Å². The first-order chi connectivity index (χ1) is 6.13. The van der Waals surface area contributed by atoms with Gasteiger partial charge in [-0.3, -0.25) is 9.69 Å². The lowest BCUT2D eigenvalue weighted by Gasteiger charge is -2.24. The number of rotatable bonds is 4. The maximum atomic E-state index is 10.6. The van der Waals surface area contributed by atoms with Gasteiger partial charge in [0.05, 0.1) is 6.54 Å². The molecule has 76 valence electrons. The van der Waals surface area contributed by atoms with Gasteiger partial charge in [-0.2, -0.15) is 11.8 Å². The fourth-order valence-electron chi connectivity index (χ4n) is 1.72. The molecule has 2 unspecified atom stereocenters. The Bertz CT molecular complexity index is 186. The number of likely N-dealkylation sites (N-methyl/N-ethyl adjacent to an activating group) is 1. The summed E-state index contributed by atoms with van der Waals surface area (Å²) < 4.78 is 0. The van der Waals surface area contributed by atoms with Crippen LogP contribution in [0.3, 0.4) is 0 Å². The van der Waals surface area contributed by atoms with Crippen LogP contribution in [0.2, 0.25) is 0 Å². The van der Waals surface area contributed by atoms with E-state index in [1.807, 2.05) is 18.7 Å². The monoisotopic (exact) mass is 203 g/mol. The quantitative estimate of drug-likeness (QED) is 0.747. The molecule has 0 aromatic carbocycles. The Morgan fingerprint density at radius 3 is 2.77 bits per heavy atom. The third-order valence-electron chi connectivity index (χ3n) is 2.44. The van der Waals surface area contributed by atoms with Crippen LogP contribution in [0.4, 0.5) is 0 Å². The highest BCUT2D eigenvalue weighted by Gasteiger charge is 2.27. The maximum Gasteiger partial charge on any atom is 0.317 e. The van der Waals surface area contributed by atoms with Gasteiger partial charge in [-0.05, 0) is 13.0 Å². The third kappa shape index (κ3) is 3.19. The molecule has 0 aromatic rings. The van der Waals surface area contributed by atoms with E-state index in [0.29, 0.717) is 11.3 Å². The van der Waals surface area contributed by atoms with Crippen molar-refractivity contribution < 1.29 is 9.90 Å². The van der Waals surface area contributed by atoms with Gasteiger partial charge < -0.3 is 5.11 Å². The average Bonchev–Trinajstić information content (AvgIpc) is 2.47. The molecule has 0 bridgehead atoms. The van der Waals surface area contributed by atoms with Crippen LogP contribution in [-0.2, 0) is 4.79 Å². The van der Waals surface area contributed by atoms with E-state index in [9.17, 15) is 4.79 Å². The first-order valence-electron chi connectivity index (χ1n) is 4.71. The molecule has 1 fully saturated rings. The van der Waals surface area contributed by atoms with E-state index in [4.69, 9.17) is 5.11 Å². The number of aliphatic carboxylic acids is 1. The lowest BCUT2D eigenvalue weighted by atomic mass is 10.1. The summed E-state index contributed by atoms with van der Waals surface area (Å²) >= 11 is 1.94. The standard InChI is InChI=1S/C9H17NO2S/c1-3-10(5-9(11)12)8-4-7(2)13-6-8/h7-8H,3-6H2,1-2H3,(H,11,12). The number of carboxylic acids is 1. The minimum absolute atomic E-state index is 0.189. The lowest BCUT2D eigenvalue weighted by Crippen LogP contribution is -2.39. The Morgan fingerprint density at radius 1 is 1.69 bits per heavy atom. The predicted octanol–water partition coefficient (Wildman–Crippen LogP) is 1.29. The van der Waals surface area contributed by atoms with Gasteiger partial charge in [0.15, 0.2) is 0 Å². The summed E-state index contributed by atoms with van der Waals surface area (Å²) in [6.07, 6.45) is 1.13. The summed E-state index contributed by atoms with van der Waals surface area (Å²) in [4.78, 5) is 12.6.